The minimum absolute atomic E-state index is 0.0165. The summed E-state index contributed by atoms with van der Waals surface area (Å²) in [7, 11) is 0. The largest absolute Gasteiger partial charge is 0.455 e. The third-order valence-corrected chi connectivity index (χ3v) is 31.1. The minimum Gasteiger partial charge on any atom is -0.455 e. The summed E-state index contributed by atoms with van der Waals surface area (Å²) in [5.74, 6) is 0. The Labute approximate surface area is 840 Å². The third-order valence-electron chi connectivity index (χ3n) is 29.9. The standard InChI is InChI=1S/C69H57NO.C69H57NS/c2*1-67(2,3)50-33-37-52(38-34-50)69(53-39-35-51(36-40-53)68(4,5)6)62-24-13-10-20-58(62)59-44-43-55(45-63(59)69)70(64-25-14-11-19-56(64)48-29-27-47(28-30-48)46-17-8-7-9-18-46)54-41-31-49(32-42-54)57-22-16-23-61-60-21-12-15-26-65(60)71-66(57)61/h2*7-45H,1-6H3. The van der Waals surface area contributed by atoms with Crippen LogP contribution in [0.4, 0.5) is 34.1 Å². The van der Waals surface area contributed by atoms with Crippen molar-refractivity contribution in [2.45, 2.75) is 116 Å². The van der Waals surface area contributed by atoms with Gasteiger partial charge in [0.15, 0.2) is 0 Å². The zero-order valence-corrected chi connectivity index (χ0v) is 83.6. The number of thiophene rings is 1. The van der Waals surface area contributed by atoms with Crippen LogP contribution in [0.2, 0.25) is 0 Å². The number of hydrogen-bond acceptors (Lipinski definition) is 4. The molecule has 0 amide bonds. The van der Waals surface area contributed by atoms with Crippen molar-refractivity contribution < 1.29 is 4.42 Å². The van der Waals surface area contributed by atoms with Gasteiger partial charge in [-0.05, 0) is 234 Å². The van der Waals surface area contributed by atoms with Crippen LogP contribution in [-0.4, -0.2) is 0 Å². The molecular formula is C138H114N2OS. The molecular weight excluding hydrogens is 1730 g/mol. The van der Waals surface area contributed by atoms with E-state index < -0.39 is 10.8 Å². The van der Waals surface area contributed by atoms with Gasteiger partial charge in [0.05, 0.1) is 22.2 Å². The molecule has 0 aliphatic heterocycles. The van der Waals surface area contributed by atoms with Crippen molar-refractivity contribution >= 4 is 87.6 Å². The van der Waals surface area contributed by atoms with E-state index in [4.69, 9.17) is 4.42 Å². The highest BCUT2D eigenvalue weighted by Gasteiger charge is 2.49. The number of fused-ring (bicyclic) bond motifs is 12. The highest BCUT2D eigenvalue weighted by atomic mass is 32.1. The molecule has 2 heterocycles. The van der Waals surface area contributed by atoms with Crippen LogP contribution in [0.3, 0.4) is 0 Å². The van der Waals surface area contributed by atoms with Gasteiger partial charge in [0.25, 0.3) is 0 Å². The van der Waals surface area contributed by atoms with Gasteiger partial charge in [0, 0.05) is 70.4 Å². The first-order chi connectivity index (χ1) is 68.9. The van der Waals surface area contributed by atoms with E-state index in [2.05, 4.69) is 560 Å². The topological polar surface area (TPSA) is 19.6 Å². The van der Waals surface area contributed by atoms with Crippen molar-refractivity contribution in [3.8, 4) is 89.0 Å². The van der Waals surface area contributed by atoms with Crippen molar-refractivity contribution in [3.63, 3.8) is 0 Å². The van der Waals surface area contributed by atoms with Crippen molar-refractivity contribution in [1.82, 2.24) is 0 Å². The fourth-order valence-corrected chi connectivity index (χ4v) is 23.7. The Hall–Kier alpha value is -16.0. The minimum atomic E-state index is -0.595. The number of nitrogens with zero attached hydrogens (tertiary/aromatic N) is 2. The second kappa shape index (κ2) is 35.7. The molecule has 20 aromatic carbocycles. The van der Waals surface area contributed by atoms with Crippen molar-refractivity contribution in [3.05, 3.63) is 540 Å². The van der Waals surface area contributed by atoms with Gasteiger partial charge < -0.3 is 14.2 Å². The van der Waals surface area contributed by atoms with Gasteiger partial charge in [0.2, 0.25) is 0 Å². The lowest BCUT2D eigenvalue weighted by Gasteiger charge is -2.36. The molecule has 0 fully saturated rings. The SMILES string of the molecule is CC(C)(C)c1ccc(C2(c3ccc(C(C)(C)C)cc3)c3ccccc3-c3ccc(N(c4ccc(-c5cccc6c5oc5ccccc56)cc4)c4ccccc4-c4ccc(-c5ccccc5)cc4)cc32)cc1.CC(C)(C)c1ccc(C2(c3ccc(C(C)(C)C)cc3)c3ccccc3-c3ccc(N(c4ccc(-c5cccc6c5sc5ccccc56)cc4)c4ccccc4-c4ccc(-c5ccccc5)cc4)cc32)cc1. The summed E-state index contributed by atoms with van der Waals surface area (Å²) < 4.78 is 9.19. The summed E-state index contributed by atoms with van der Waals surface area (Å²) in [6, 6.07) is 176. The molecule has 2 aliphatic rings. The van der Waals surface area contributed by atoms with Crippen molar-refractivity contribution in [2.24, 2.45) is 0 Å². The number of para-hydroxylation sites is 4. The Morgan fingerprint density at radius 1 is 0.204 bits per heavy atom. The van der Waals surface area contributed by atoms with Crippen LogP contribution >= 0.6 is 11.3 Å². The fraction of sp³-hybridized carbons (Fsp3) is 0.130. The summed E-state index contributed by atoms with van der Waals surface area (Å²) in [5.41, 5.74) is 41.9. The van der Waals surface area contributed by atoms with Crippen LogP contribution in [0.1, 0.15) is 150 Å². The lowest BCUT2D eigenvalue weighted by Crippen LogP contribution is -2.29. The van der Waals surface area contributed by atoms with E-state index in [1.165, 1.54) is 148 Å². The van der Waals surface area contributed by atoms with Gasteiger partial charge >= 0.3 is 0 Å². The second-order valence-corrected chi connectivity index (χ2v) is 43.7. The number of furan rings is 1. The van der Waals surface area contributed by atoms with Gasteiger partial charge in [-0.1, -0.05) is 483 Å². The zero-order chi connectivity index (χ0) is 97.0. The van der Waals surface area contributed by atoms with Gasteiger partial charge in [0.1, 0.15) is 11.2 Å². The average Bonchev–Trinajstić information content (AvgIpc) is 1.54. The van der Waals surface area contributed by atoms with Crippen LogP contribution in [-0.2, 0) is 32.5 Å². The first kappa shape index (κ1) is 89.9. The van der Waals surface area contributed by atoms with Crippen LogP contribution < -0.4 is 9.80 Å². The molecule has 0 N–H and O–H groups in total. The van der Waals surface area contributed by atoms with Crippen LogP contribution in [0, 0.1) is 0 Å². The molecule has 0 saturated heterocycles. The second-order valence-electron chi connectivity index (χ2n) is 42.6. The molecule has 0 bridgehead atoms. The number of anilines is 6. The molecule has 0 unspecified atom stereocenters. The Balaban J connectivity index is 0.000000158. The lowest BCUT2D eigenvalue weighted by atomic mass is 9.67. The summed E-state index contributed by atoms with van der Waals surface area (Å²) in [4.78, 5) is 4.95. The fourth-order valence-electron chi connectivity index (χ4n) is 22.4. The quantitative estimate of drug-likeness (QED) is 0.0961. The van der Waals surface area contributed by atoms with Crippen LogP contribution in [0.5, 0.6) is 0 Å². The molecule has 142 heavy (non-hydrogen) atoms. The Bertz CT molecular complexity index is 7850. The molecule has 0 saturated carbocycles. The Kier molecular flexibility index (Phi) is 22.6. The Morgan fingerprint density at radius 3 is 0.923 bits per heavy atom. The average molecular weight is 1850 g/mol. The van der Waals surface area contributed by atoms with Gasteiger partial charge in [-0.25, -0.2) is 0 Å². The van der Waals surface area contributed by atoms with Gasteiger partial charge in [-0.2, -0.15) is 0 Å². The molecule has 0 spiro atoms. The smallest absolute Gasteiger partial charge is 0.143 e. The maximum Gasteiger partial charge on any atom is 0.143 e. The molecule has 3 nitrogen and oxygen atoms in total. The molecule has 0 radical (unpaired) electrons. The zero-order valence-electron chi connectivity index (χ0n) is 82.7. The molecule has 4 heteroatoms. The molecule has 688 valence electrons. The van der Waals surface area contributed by atoms with E-state index in [0.29, 0.717) is 0 Å². The van der Waals surface area contributed by atoms with E-state index in [1.807, 2.05) is 17.4 Å². The summed E-state index contributed by atoms with van der Waals surface area (Å²) >= 11 is 1.88. The predicted molar refractivity (Wildman–Crippen MR) is 604 cm³/mol. The molecule has 2 aromatic heterocycles. The van der Waals surface area contributed by atoms with E-state index in [9.17, 15) is 0 Å². The predicted octanol–water partition coefficient (Wildman–Crippen LogP) is 38.5. The van der Waals surface area contributed by atoms with Crippen LogP contribution in [0.15, 0.2) is 478 Å². The molecule has 0 atom stereocenters. The molecule has 24 rings (SSSR count). The van der Waals surface area contributed by atoms with E-state index >= 15 is 0 Å². The van der Waals surface area contributed by atoms with Crippen LogP contribution in [0.25, 0.3) is 131 Å². The lowest BCUT2D eigenvalue weighted by molar-refractivity contribution is 0.588. The summed E-state index contributed by atoms with van der Waals surface area (Å²) in [6.45, 7) is 27.6. The maximum atomic E-state index is 6.55. The first-order valence-corrected chi connectivity index (χ1v) is 50.8. The maximum absolute atomic E-state index is 6.55. The monoisotopic (exact) mass is 1850 g/mol. The number of hydrogen-bond donors (Lipinski definition) is 0. The third kappa shape index (κ3) is 15.9. The number of benzene rings is 20. The van der Waals surface area contributed by atoms with E-state index in [-0.39, 0.29) is 21.7 Å². The van der Waals surface area contributed by atoms with E-state index in [1.54, 1.807) is 0 Å². The molecule has 2 aliphatic carbocycles. The van der Waals surface area contributed by atoms with Gasteiger partial charge in [-0.15, -0.1) is 11.3 Å². The Morgan fingerprint density at radius 2 is 0.500 bits per heavy atom. The molecule has 22 aromatic rings. The van der Waals surface area contributed by atoms with Crippen molar-refractivity contribution in [1.29, 1.82) is 0 Å². The van der Waals surface area contributed by atoms with E-state index in [0.717, 1.165) is 83.9 Å². The van der Waals surface area contributed by atoms with Crippen molar-refractivity contribution in [2.75, 3.05) is 9.80 Å². The normalized spacial score (nSPS) is 13.0. The summed E-state index contributed by atoms with van der Waals surface area (Å²) in [5, 5.41) is 4.88. The highest BCUT2D eigenvalue weighted by molar-refractivity contribution is 7.26. The number of rotatable bonds is 16. The van der Waals surface area contributed by atoms with Gasteiger partial charge in [-0.3, -0.25) is 0 Å². The highest BCUT2D eigenvalue weighted by Crippen LogP contribution is 2.61. The first-order valence-electron chi connectivity index (χ1n) is 50.0. The summed E-state index contributed by atoms with van der Waals surface area (Å²) in [6.07, 6.45) is 0.